The number of aromatic nitrogens is 1. The number of esters is 1. The third kappa shape index (κ3) is 6.79. The number of carbonyl (C=O) groups excluding carboxylic acids is 1. The lowest BCUT2D eigenvalue weighted by Crippen LogP contribution is -2.48. The minimum Gasteiger partial charge on any atom is -0.481 e. The molecule has 8 nitrogen and oxygen atoms in total. The summed E-state index contributed by atoms with van der Waals surface area (Å²) in [5.74, 6) is -1.19. The number of H-pyrrole nitrogens is 1. The second-order valence-electron chi connectivity index (χ2n) is 8.34. The van der Waals surface area contributed by atoms with Crippen molar-refractivity contribution in [2.24, 2.45) is 0 Å². The van der Waals surface area contributed by atoms with Gasteiger partial charge in [0.1, 0.15) is 12.2 Å². The molecule has 0 aliphatic carbocycles. The summed E-state index contributed by atoms with van der Waals surface area (Å²) in [6.45, 7) is 2.29. The van der Waals surface area contributed by atoms with Crippen LogP contribution in [0.1, 0.15) is 68.6 Å². The summed E-state index contributed by atoms with van der Waals surface area (Å²) >= 11 is 0. The lowest BCUT2D eigenvalue weighted by Gasteiger charge is -2.37. The first-order valence-corrected chi connectivity index (χ1v) is 11.4. The van der Waals surface area contributed by atoms with Gasteiger partial charge in [-0.2, -0.15) is 0 Å². The van der Waals surface area contributed by atoms with E-state index in [0.29, 0.717) is 12.2 Å². The zero-order valence-corrected chi connectivity index (χ0v) is 18.5. The first-order chi connectivity index (χ1) is 15.5. The van der Waals surface area contributed by atoms with Gasteiger partial charge < -0.3 is 29.4 Å². The molecule has 1 aliphatic heterocycles. The Balaban J connectivity index is 1.36. The fraction of sp³-hybridized carbons (Fsp3) is 0.583. The van der Waals surface area contributed by atoms with E-state index in [1.54, 1.807) is 6.20 Å². The molecule has 1 aromatic heterocycles. The second-order valence-corrected chi connectivity index (χ2v) is 8.34. The maximum Gasteiger partial charge on any atom is 0.340 e. The number of para-hydroxylation sites is 1. The molecular formula is C24H33NO7. The summed E-state index contributed by atoms with van der Waals surface area (Å²) in [6.07, 6.45) is 5.07. The lowest BCUT2D eigenvalue weighted by atomic mass is 10.0. The van der Waals surface area contributed by atoms with Crippen LogP contribution in [0.25, 0.3) is 10.9 Å². The minimum absolute atomic E-state index is 0.232. The molecule has 1 fully saturated rings. The molecule has 4 unspecified atom stereocenters. The van der Waals surface area contributed by atoms with Crippen molar-refractivity contribution in [3.05, 3.63) is 36.0 Å². The summed E-state index contributed by atoms with van der Waals surface area (Å²) in [5, 5.41) is 19.8. The molecule has 0 bridgehead atoms. The van der Waals surface area contributed by atoms with E-state index in [-0.39, 0.29) is 12.8 Å². The molecule has 1 saturated heterocycles. The Morgan fingerprint density at radius 2 is 1.84 bits per heavy atom. The Hall–Kier alpha value is -2.42. The molecule has 0 amide bonds. The monoisotopic (exact) mass is 447 g/mol. The standard InChI is InChI=1S/C24H33NO7/c1-16-21(32-23(29)18-15-25-19-11-8-7-10-17(18)19)14-20(26)24(31-16)30-13-9-5-3-2-4-6-12-22(27)28/h7-8,10-11,15-16,20-21,24-26H,2-6,9,12-14H2,1H3,(H,27,28). The zero-order valence-electron chi connectivity index (χ0n) is 18.5. The van der Waals surface area contributed by atoms with Gasteiger partial charge in [0.15, 0.2) is 6.29 Å². The van der Waals surface area contributed by atoms with Crippen molar-refractivity contribution in [2.75, 3.05) is 6.61 Å². The Morgan fingerprint density at radius 3 is 2.62 bits per heavy atom. The van der Waals surface area contributed by atoms with Crippen molar-refractivity contribution in [2.45, 2.75) is 82.9 Å². The van der Waals surface area contributed by atoms with E-state index in [0.717, 1.165) is 49.4 Å². The van der Waals surface area contributed by atoms with Crippen molar-refractivity contribution >= 4 is 22.8 Å². The number of aliphatic carboxylic acids is 1. The third-order valence-electron chi connectivity index (χ3n) is 5.79. The van der Waals surface area contributed by atoms with Gasteiger partial charge in [0, 0.05) is 36.5 Å². The normalized spacial score (nSPS) is 23.3. The van der Waals surface area contributed by atoms with E-state index >= 15 is 0 Å². The number of hydrogen-bond donors (Lipinski definition) is 3. The van der Waals surface area contributed by atoms with Gasteiger partial charge in [0.05, 0.1) is 11.7 Å². The molecule has 0 radical (unpaired) electrons. The lowest BCUT2D eigenvalue weighted by molar-refractivity contribution is -0.260. The van der Waals surface area contributed by atoms with E-state index in [2.05, 4.69) is 4.98 Å². The third-order valence-corrected chi connectivity index (χ3v) is 5.79. The fourth-order valence-corrected chi connectivity index (χ4v) is 3.95. The Bertz CT molecular complexity index is 880. The van der Waals surface area contributed by atoms with Gasteiger partial charge in [-0.05, 0) is 25.8 Å². The van der Waals surface area contributed by atoms with E-state index in [9.17, 15) is 14.7 Å². The summed E-state index contributed by atoms with van der Waals surface area (Å²) in [7, 11) is 0. The average Bonchev–Trinajstić information content (AvgIpc) is 3.19. The molecule has 176 valence electrons. The molecule has 4 atom stereocenters. The number of unbranched alkanes of at least 4 members (excludes halogenated alkanes) is 5. The highest BCUT2D eigenvalue weighted by Gasteiger charge is 2.38. The first-order valence-electron chi connectivity index (χ1n) is 11.4. The van der Waals surface area contributed by atoms with Crippen LogP contribution in [0.5, 0.6) is 0 Å². The number of nitrogens with one attached hydrogen (secondary N) is 1. The average molecular weight is 448 g/mol. The van der Waals surface area contributed by atoms with Crippen LogP contribution >= 0.6 is 0 Å². The second kappa shape index (κ2) is 12.0. The molecule has 1 aromatic carbocycles. The molecule has 1 aliphatic rings. The zero-order chi connectivity index (χ0) is 22.9. The summed E-state index contributed by atoms with van der Waals surface area (Å²) in [5.41, 5.74) is 1.32. The van der Waals surface area contributed by atoms with Crippen molar-refractivity contribution in [1.29, 1.82) is 0 Å². The van der Waals surface area contributed by atoms with Gasteiger partial charge in [0.25, 0.3) is 0 Å². The van der Waals surface area contributed by atoms with Crippen molar-refractivity contribution in [3.63, 3.8) is 0 Å². The Morgan fingerprint density at radius 1 is 1.12 bits per heavy atom. The molecule has 32 heavy (non-hydrogen) atoms. The topological polar surface area (TPSA) is 118 Å². The van der Waals surface area contributed by atoms with Crippen LogP contribution in [-0.4, -0.2) is 58.3 Å². The largest absolute Gasteiger partial charge is 0.481 e. The van der Waals surface area contributed by atoms with Gasteiger partial charge in [-0.25, -0.2) is 4.79 Å². The van der Waals surface area contributed by atoms with E-state index in [4.69, 9.17) is 19.3 Å². The van der Waals surface area contributed by atoms with Gasteiger partial charge in [-0.1, -0.05) is 43.9 Å². The van der Waals surface area contributed by atoms with Gasteiger partial charge in [0.2, 0.25) is 0 Å². The maximum absolute atomic E-state index is 12.7. The van der Waals surface area contributed by atoms with Crippen LogP contribution in [0.4, 0.5) is 0 Å². The van der Waals surface area contributed by atoms with Crippen LogP contribution in [0.2, 0.25) is 0 Å². The molecule has 2 heterocycles. The number of benzene rings is 1. The summed E-state index contributed by atoms with van der Waals surface area (Å²) in [6, 6.07) is 7.51. The fourth-order valence-electron chi connectivity index (χ4n) is 3.95. The highest BCUT2D eigenvalue weighted by molar-refractivity contribution is 6.04. The number of rotatable bonds is 12. The highest BCUT2D eigenvalue weighted by atomic mass is 16.7. The molecule has 0 saturated carbocycles. The summed E-state index contributed by atoms with van der Waals surface area (Å²) < 4.78 is 17.1. The van der Waals surface area contributed by atoms with Crippen LogP contribution < -0.4 is 0 Å². The Kier molecular flexibility index (Phi) is 9.08. The Labute approximate surface area is 187 Å². The van der Waals surface area contributed by atoms with Gasteiger partial charge in [-0.3, -0.25) is 4.79 Å². The number of fused-ring (bicyclic) bond motifs is 1. The van der Waals surface area contributed by atoms with Crippen molar-refractivity contribution in [3.8, 4) is 0 Å². The SMILES string of the molecule is CC1OC(OCCCCCCCCC(=O)O)C(O)CC1OC(=O)c1c[nH]c2ccccc12. The number of hydrogen-bond acceptors (Lipinski definition) is 6. The van der Waals surface area contributed by atoms with Crippen LogP contribution in [0.3, 0.4) is 0 Å². The van der Waals surface area contributed by atoms with E-state index < -0.39 is 36.5 Å². The number of aliphatic hydroxyl groups excluding tert-OH is 1. The van der Waals surface area contributed by atoms with E-state index in [1.807, 2.05) is 31.2 Å². The highest BCUT2D eigenvalue weighted by Crippen LogP contribution is 2.26. The quantitative estimate of drug-likeness (QED) is 0.332. The van der Waals surface area contributed by atoms with Crippen molar-refractivity contribution < 1.29 is 34.0 Å². The number of carboxylic acid groups (broad SMARTS) is 1. The number of aliphatic hydroxyl groups is 1. The summed E-state index contributed by atoms with van der Waals surface area (Å²) in [4.78, 5) is 26.2. The minimum atomic E-state index is -0.872. The first kappa shape index (κ1) is 24.2. The predicted molar refractivity (Wildman–Crippen MR) is 118 cm³/mol. The number of carbonyl (C=O) groups is 2. The molecule has 3 rings (SSSR count). The van der Waals surface area contributed by atoms with Crippen molar-refractivity contribution in [1.82, 2.24) is 4.98 Å². The molecular weight excluding hydrogens is 414 g/mol. The maximum atomic E-state index is 12.7. The smallest absolute Gasteiger partial charge is 0.340 e. The number of aromatic amines is 1. The van der Waals surface area contributed by atoms with Gasteiger partial charge >= 0.3 is 11.9 Å². The number of carboxylic acids is 1. The van der Waals surface area contributed by atoms with Crippen LogP contribution in [0.15, 0.2) is 30.5 Å². The molecule has 3 N–H and O–H groups in total. The van der Waals surface area contributed by atoms with Gasteiger partial charge in [-0.15, -0.1) is 0 Å². The van der Waals surface area contributed by atoms with Crippen LogP contribution in [0, 0.1) is 0 Å². The molecule has 2 aromatic rings. The molecule has 8 heteroatoms. The number of ether oxygens (including phenoxy) is 3. The van der Waals surface area contributed by atoms with E-state index in [1.165, 1.54) is 0 Å². The predicted octanol–water partition coefficient (Wildman–Crippen LogP) is 4.02. The molecule has 0 spiro atoms. The van der Waals surface area contributed by atoms with Crippen LogP contribution in [-0.2, 0) is 19.0 Å².